The lowest BCUT2D eigenvalue weighted by molar-refractivity contribution is -0.137. The SMILES string of the molecule is NC(CCC(=O)O)c1ccc2c(Br)c[nH]c2c1. The molecule has 0 fully saturated rings. The van der Waals surface area contributed by atoms with Gasteiger partial charge in [-0.3, -0.25) is 4.79 Å². The third-order valence-corrected chi connectivity index (χ3v) is 3.41. The van der Waals surface area contributed by atoms with Gasteiger partial charge in [0.05, 0.1) is 0 Å². The van der Waals surface area contributed by atoms with Gasteiger partial charge in [0.15, 0.2) is 0 Å². The first-order chi connectivity index (χ1) is 8.08. The van der Waals surface area contributed by atoms with Crippen LogP contribution in [0.3, 0.4) is 0 Å². The number of aromatic amines is 1. The summed E-state index contributed by atoms with van der Waals surface area (Å²) in [5.74, 6) is -0.816. The summed E-state index contributed by atoms with van der Waals surface area (Å²) in [6, 6.07) is 5.64. The van der Waals surface area contributed by atoms with Gasteiger partial charge in [0.25, 0.3) is 0 Å². The second kappa shape index (κ2) is 4.89. The van der Waals surface area contributed by atoms with E-state index in [9.17, 15) is 4.79 Å². The minimum atomic E-state index is -0.816. The van der Waals surface area contributed by atoms with E-state index in [1.807, 2.05) is 24.4 Å². The summed E-state index contributed by atoms with van der Waals surface area (Å²) < 4.78 is 1.01. The van der Waals surface area contributed by atoms with Crippen LogP contribution >= 0.6 is 15.9 Å². The minimum Gasteiger partial charge on any atom is -0.481 e. The van der Waals surface area contributed by atoms with E-state index >= 15 is 0 Å². The molecule has 0 spiro atoms. The topological polar surface area (TPSA) is 79.1 Å². The Morgan fingerprint density at radius 1 is 1.53 bits per heavy atom. The van der Waals surface area contributed by atoms with Crippen molar-refractivity contribution in [3.63, 3.8) is 0 Å². The van der Waals surface area contributed by atoms with E-state index in [2.05, 4.69) is 20.9 Å². The average molecular weight is 297 g/mol. The molecule has 1 unspecified atom stereocenters. The number of carbonyl (C=O) groups is 1. The summed E-state index contributed by atoms with van der Waals surface area (Å²) in [6.07, 6.45) is 2.41. The number of rotatable bonds is 4. The molecule has 0 radical (unpaired) electrons. The van der Waals surface area contributed by atoms with Crippen LogP contribution in [0.15, 0.2) is 28.9 Å². The van der Waals surface area contributed by atoms with Crippen molar-refractivity contribution in [1.29, 1.82) is 0 Å². The van der Waals surface area contributed by atoms with Crippen molar-refractivity contribution in [2.75, 3.05) is 0 Å². The number of H-pyrrole nitrogens is 1. The molecular weight excluding hydrogens is 284 g/mol. The molecule has 4 N–H and O–H groups in total. The lowest BCUT2D eigenvalue weighted by atomic mass is 10.0. The van der Waals surface area contributed by atoms with E-state index in [0.717, 1.165) is 20.9 Å². The third kappa shape index (κ3) is 2.68. The van der Waals surface area contributed by atoms with Crippen LogP contribution in [-0.4, -0.2) is 16.1 Å². The van der Waals surface area contributed by atoms with Gasteiger partial charge in [-0.2, -0.15) is 0 Å². The van der Waals surface area contributed by atoms with Crippen LogP contribution in [-0.2, 0) is 4.79 Å². The maximum Gasteiger partial charge on any atom is 0.303 e. The van der Waals surface area contributed by atoms with Gasteiger partial charge < -0.3 is 15.8 Å². The minimum absolute atomic E-state index is 0.0909. The number of halogens is 1. The van der Waals surface area contributed by atoms with Crippen molar-refractivity contribution < 1.29 is 9.90 Å². The Balaban J connectivity index is 2.21. The molecule has 2 aromatic rings. The summed E-state index contributed by atoms with van der Waals surface area (Å²) in [5, 5.41) is 9.71. The Bertz CT molecular complexity index is 550. The molecule has 4 nitrogen and oxygen atoms in total. The van der Waals surface area contributed by atoms with Crippen LogP contribution in [0, 0.1) is 0 Å². The predicted octanol–water partition coefficient (Wildman–Crippen LogP) is 2.80. The second-order valence-electron chi connectivity index (χ2n) is 3.98. The molecule has 2 rings (SSSR count). The molecule has 1 aromatic heterocycles. The van der Waals surface area contributed by atoms with Gasteiger partial charge in [0, 0.05) is 34.0 Å². The zero-order chi connectivity index (χ0) is 12.4. The normalized spacial score (nSPS) is 12.8. The molecule has 1 heterocycles. The van der Waals surface area contributed by atoms with Gasteiger partial charge in [-0.1, -0.05) is 12.1 Å². The fraction of sp³-hybridized carbons (Fsp3) is 0.250. The van der Waals surface area contributed by atoms with Gasteiger partial charge in [-0.25, -0.2) is 0 Å². The van der Waals surface area contributed by atoms with Crippen molar-refractivity contribution >= 4 is 32.8 Å². The Hall–Kier alpha value is -1.33. The van der Waals surface area contributed by atoms with E-state index in [1.165, 1.54) is 0 Å². The highest BCUT2D eigenvalue weighted by Gasteiger charge is 2.10. The molecule has 5 heteroatoms. The van der Waals surface area contributed by atoms with E-state index in [-0.39, 0.29) is 12.5 Å². The van der Waals surface area contributed by atoms with E-state index < -0.39 is 5.97 Å². The molecule has 17 heavy (non-hydrogen) atoms. The van der Waals surface area contributed by atoms with E-state index in [0.29, 0.717) is 6.42 Å². The number of nitrogens with two attached hydrogens (primary N) is 1. The summed E-state index contributed by atoms with van der Waals surface area (Å²) in [5.41, 5.74) is 7.90. The average Bonchev–Trinajstić information content (AvgIpc) is 2.67. The van der Waals surface area contributed by atoms with Crippen molar-refractivity contribution in [2.45, 2.75) is 18.9 Å². The Morgan fingerprint density at radius 2 is 2.29 bits per heavy atom. The van der Waals surface area contributed by atoms with Crippen LogP contribution in [0.5, 0.6) is 0 Å². The Kier molecular flexibility index (Phi) is 3.49. The molecule has 0 saturated heterocycles. The molecule has 0 amide bonds. The van der Waals surface area contributed by atoms with Crippen LogP contribution in [0.1, 0.15) is 24.4 Å². The number of nitrogens with one attached hydrogen (secondary N) is 1. The number of aliphatic carboxylic acids is 1. The Labute approximate surface area is 107 Å². The third-order valence-electron chi connectivity index (χ3n) is 2.75. The van der Waals surface area contributed by atoms with Crippen molar-refractivity contribution in [3.8, 4) is 0 Å². The largest absolute Gasteiger partial charge is 0.481 e. The number of aromatic nitrogens is 1. The number of hydrogen-bond acceptors (Lipinski definition) is 2. The lowest BCUT2D eigenvalue weighted by Gasteiger charge is -2.10. The van der Waals surface area contributed by atoms with E-state index in [4.69, 9.17) is 10.8 Å². The number of carboxylic acids is 1. The molecule has 1 aromatic carbocycles. The molecule has 0 aliphatic rings. The standard InChI is InChI=1S/C12H13BrN2O2/c13-9-6-15-11-5-7(1-2-8(9)11)10(14)3-4-12(16)17/h1-2,5-6,10,15H,3-4,14H2,(H,16,17). The first kappa shape index (κ1) is 12.1. The number of hydrogen-bond donors (Lipinski definition) is 3. The summed E-state index contributed by atoms with van der Waals surface area (Å²) in [7, 11) is 0. The van der Waals surface area contributed by atoms with Gasteiger partial charge in [0.1, 0.15) is 0 Å². The fourth-order valence-corrected chi connectivity index (χ4v) is 2.24. The van der Waals surface area contributed by atoms with E-state index in [1.54, 1.807) is 0 Å². The monoisotopic (exact) mass is 296 g/mol. The quantitative estimate of drug-likeness (QED) is 0.812. The highest BCUT2D eigenvalue weighted by atomic mass is 79.9. The molecule has 0 bridgehead atoms. The zero-order valence-electron chi connectivity index (χ0n) is 9.11. The van der Waals surface area contributed by atoms with Crippen molar-refractivity contribution in [3.05, 3.63) is 34.4 Å². The molecule has 0 aliphatic heterocycles. The maximum atomic E-state index is 10.5. The molecule has 0 saturated carbocycles. The van der Waals surface area contributed by atoms with Gasteiger partial charge in [0.2, 0.25) is 0 Å². The van der Waals surface area contributed by atoms with Crippen LogP contribution in [0.4, 0.5) is 0 Å². The van der Waals surface area contributed by atoms with Crippen LogP contribution in [0.25, 0.3) is 10.9 Å². The van der Waals surface area contributed by atoms with Crippen LogP contribution in [0.2, 0.25) is 0 Å². The lowest BCUT2D eigenvalue weighted by Crippen LogP contribution is -2.12. The molecule has 0 aliphatic carbocycles. The molecule has 1 atom stereocenters. The van der Waals surface area contributed by atoms with Gasteiger partial charge >= 0.3 is 5.97 Å². The number of benzene rings is 1. The fourth-order valence-electron chi connectivity index (χ4n) is 1.78. The van der Waals surface area contributed by atoms with Gasteiger partial charge in [-0.05, 0) is 34.0 Å². The highest BCUT2D eigenvalue weighted by Crippen LogP contribution is 2.26. The highest BCUT2D eigenvalue weighted by molar-refractivity contribution is 9.10. The van der Waals surface area contributed by atoms with Crippen molar-refractivity contribution in [2.24, 2.45) is 5.73 Å². The second-order valence-corrected chi connectivity index (χ2v) is 4.83. The predicted molar refractivity (Wildman–Crippen MR) is 69.8 cm³/mol. The summed E-state index contributed by atoms with van der Waals surface area (Å²) in [6.45, 7) is 0. The summed E-state index contributed by atoms with van der Waals surface area (Å²) >= 11 is 3.44. The first-order valence-corrected chi connectivity index (χ1v) is 6.11. The number of fused-ring (bicyclic) bond motifs is 1. The first-order valence-electron chi connectivity index (χ1n) is 5.32. The molecule has 90 valence electrons. The number of carboxylic acid groups (broad SMARTS) is 1. The van der Waals surface area contributed by atoms with Crippen LogP contribution < -0.4 is 5.73 Å². The smallest absolute Gasteiger partial charge is 0.303 e. The summed E-state index contributed by atoms with van der Waals surface area (Å²) in [4.78, 5) is 13.6. The van der Waals surface area contributed by atoms with Gasteiger partial charge in [-0.15, -0.1) is 0 Å². The maximum absolute atomic E-state index is 10.5. The van der Waals surface area contributed by atoms with Crippen molar-refractivity contribution in [1.82, 2.24) is 4.98 Å². The molecular formula is C12H13BrN2O2. The zero-order valence-corrected chi connectivity index (χ0v) is 10.7. The Morgan fingerprint density at radius 3 is 3.00 bits per heavy atom.